The maximum atomic E-state index is 12.3. The largest absolute Gasteiger partial charge is 0.392 e. The number of rotatable bonds is 7. The van der Waals surface area contributed by atoms with Crippen molar-refractivity contribution in [3.8, 4) is 0 Å². The van der Waals surface area contributed by atoms with Gasteiger partial charge in [-0.15, -0.1) is 0 Å². The molecular weight excluding hydrogens is 352 g/mol. The molecule has 0 bridgehead atoms. The lowest BCUT2D eigenvalue weighted by Gasteiger charge is -2.10. The second-order valence-corrected chi connectivity index (χ2v) is 8.22. The molecule has 0 heterocycles. The molecule has 0 fully saturated rings. The fraction of sp³-hybridized carbons (Fsp3) is 0.316. The summed E-state index contributed by atoms with van der Waals surface area (Å²) in [5.74, 6) is 0.0971. The molecule has 0 aliphatic rings. The van der Waals surface area contributed by atoms with Crippen LogP contribution in [0.25, 0.3) is 0 Å². The molecule has 0 aliphatic carbocycles. The van der Waals surface area contributed by atoms with Crippen molar-refractivity contribution in [2.24, 2.45) is 0 Å². The number of nitrogens with one attached hydrogen (secondary N) is 2. The molecule has 0 radical (unpaired) electrons. The first-order valence-corrected chi connectivity index (χ1v) is 9.86. The summed E-state index contributed by atoms with van der Waals surface area (Å²) in [6, 6.07) is 13.2. The Labute approximate surface area is 154 Å². The number of aliphatic hydroxyl groups is 1. The standard InChI is InChI=1S/C19H24N2O4S/c1-13(2)15-4-8-17(9-5-15)21-19(23)16-6-10-18(11-7-16)26(24,25)20-12-14(3)22/h4-11,13-14,20,22H,12H2,1-3H3,(H,21,23). The smallest absolute Gasteiger partial charge is 0.255 e. The zero-order valence-corrected chi connectivity index (χ0v) is 15.9. The highest BCUT2D eigenvalue weighted by atomic mass is 32.2. The summed E-state index contributed by atoms with van der Waals surface area (Å²) in [6.07, 6.45) is -0.781. The van der Waals surface area contributed by atoms with E-state index in [9.17, 15) is 18.3 Å². The van der Waals surface area contributed by atoms with Crippen LogP contribution in [0.1, 0.15) is 42.6 Å². The van der Waals surface area contributed by atoms with Gasteiger partial charge in [0.2, 0.25) is 10.0 Å². The van der Waals surface area contributed by atoms with Crippen molar-refractivity contribution in [2.45, 2.75) is 37.7 Å². The number of hydrogen-bond donors (Lipinski definition) is 3. The van der Waals surface area contributed by atoms with Gasteiger partial charge in [0.25, 0.3) is 5.91 Å². The molecule has 1 unspecified atom stereocenters. The second kappa shape index (κ2) is 8.44. The van der Waals surface area contributed by atoms with Gasteiger partial charge in [0.15, 0.2) is 0 Å². The molecular formula is C19H24N2O4S. The minimum atomic E-state index is -3.71. The maximum absolute atomic E-state index is 12.3. The van der Waals surface area contributed by atoms with Crippen molar-refractivity contribution in [3.05, 3.63) is 59.7 Å². The molecule has 3 N–H and O–H groups in total. The summed E-state index contributed by atoms with van der Waals surface area (Å²) in [7, 11) is -3.71. The van der Waals surface area contributed by atoms with Gasteiger partial charge in [-0.05, 0) is 54.8 Å². The Morgan fingerprint density at radius 3 is 2.08 bits per heavy atom. The normalized spacial score (nSPS) is 12.8. The van der Waals surface area contributed by atoms with Crippen LogP contribution in [-0.2, 0) is 10.0 Å². The Morgan fingerprint density at radius 1 is 1.00 bits per heavy atom. The van der Waals surface area contributed by atoms with Gasteiger partial charge in [-0.25, -0.2) is 13.1 Å². The van der Waals surface area contributed by atoms with Crippen molar-refractivity contribution in [1.82, 2.24) is 4.72 Å². The number of amides is 1. The van der Waals surface area contributed by atoms with E-state index in [1.165, 1.54) is 36.8 Å². The van der Waals surface area contributed by atoms with E-state index < -0.39 is 16.1 Å². The van der Waals surface area contributed by atoms with E-state index in [1.54, 1.807) is 0 Å². The number of aliphatic hydroxyl groups excluding tert-OH is 1. The predicted octanol–water partition coefficient (Wildman–Crippen LogP) is 2.72. The number of anilines is 1. The van der Waals surface area contributed by atoms with Gasteiger partial charge in [0.1, 0.15) is 0 Å². The highest BCUT2D eigenvalue weighted by molar-refractivity contribution is 7.89. The minimum Gasteiger partial charge on any atom is -0.392 e. The van der Waals surface area contributed by atoms with E-state index in [-0.39, 0.29) is 17.3 Å². The Balaban J connectivity index is 2.06. The van der Waals surface area contributed by atoms with Gasteiger partial charge in [-0.3, -0.25) is 4.79 Å². The van der Waals surface area contributed by atoms with E-state index in [1.807, 2.05) is 24.3 Å². The Bertz CT molecular complexity index is 842. The average molecular weight is 376 g/mol. The van der Waals surface area contributed by atoms with Gasteiger partial charge in [-0.1, -0.05) is 26.0 Å². The molecule has 2 rings (SSSR count). The molecule has 6 nitrogen and oxygen atoms in total. The monoisotopic (exact) mass is 376 g/mol. The topological polar surface area (TPSA) is 95.5 Å². The lowest BCUT2D eigenvalue weighted by Crippen LogP contribution is -2.30. The third-order valence-corrected chi connectivity index (χ3v) is 5.27. The van der Waals surface area contributed by atoms with E-state index >= 15 is 0 Å². The van der Waals surface area contributed by atoms with Gasteiger partial charge in [-0.2, -0.15) is 0 Å². The van der Waals surface area contributed by atoms with Gasteiger partial charge >= 0.3 is 0 Å². The first kappa shape index (κ1) is 20.1. The molecule has 0 aliphatic heterocycles. The lowest BCUT2D eigenvalue weighted by atomic mass is 10.0. The van der Waals surface area contributed by atoms with Crippen LogP contribution in [-0.4, -0.2) is 32.1 Å². The van der Waals surface area contributed by atoms with Crippen LogP contribution in [0.4, 0.5) is 5.69 Å². The van der Waals surface area contributed by atoms with Crippen LogP contribution >= 0.6 is 0 Å². The second-order valence-electron chi connectivity index (χ2n) is 6.46. The van der Waals surface area contributed by atoms with Gasteiger partial charge in [0, 0.05) is 17.8 Å². The van der Waals surface area contributed by atoms with Crippen LogP contribution in [0.5, 0.6) is 0 Å². The predicted molar refractivity (Wildman–Crippen MR) is 102 cm³/mol. The molecule has 0 saturated heterocycles. The quantitative estimate of drug-likeness (QED) is 0.692. The molecule has 2 aromatic carbocycles. The van der Waals surface area contributed by atoms with Gasteiger partial charge in [0.05, 0.1) is 11.0 Å². The van der Waals surface area contributed by atoms with Crippen molar-refractivity contribution in [3.63, 3.8) is 0 Å². The highest BCUT2D eigenvalue weighted by Crippen LogP contribution is 2.18. The zero-order chi connectivity index (χ0) is 19.3. The third kappa shape index (κ3) is 5.39. The fourth-order valence-corrected chi connectivity index (χ4v) is 3.38. The molecule has 0 saturated carbocycles. The summed E-state index contributed by atoms with van der Waals surface area (Å²) < 4.78 is 26.4. The highest BCUT2D eigenvalue weighted by Gasteiger charge is 2.15. The average Bonchev–Trinajstić information content (AvgIpc) is 2.60. The molecule has 0 aromatic heterocycles. The van der Waals surface area contributed by atoms with Crippen molar-refractivity contribution in [1.29, 1.82) is 0 Å². The Hall–Kier alpha value is -2.22. The fourth-order valence-electron chi connectivity index (χ4n) is 2.25. The zero-order valence-electron chi connectivity index (χ0n) is 15.1. The first-order chi connectivity index (χ1) is 12.2. The van der Waals surface area contributed by atoms with Crippen molar-refractivity contribution in [2.75, 3.05) is 11.9 Å². The van der Waals surface area contributed by atoms with Crippen molar-refractivity contribution >= 4 is 21.6 Å². The molecule has 2 aromatic rings. The van der Waals surface area contributed by atoms with Crippen molar-refractivity contribution < 1.29 is 18.3 Å². The molecule has 1 atom stereocenters. The number of sulfonamides is 1. The molecule has 26 heavy (non-hydrogen) atoms. The van der Waals surface area contributed by atoms with E-state index in [0.717, 1.165) is 0 Å². The molecule has 7 heteroatoms. The lowest BCUT2D eigenvalue weighted by molar-refractivity contribution is 0.102. The van der Waals surface area contributed by atoms with E-state index in [0.29, 0.717) is 17.2 Å². The Kier molecular flexibility index (Phi) is 6.52. The van der Waals surface area contributed by atoms with Gasteiger partial charge < -0.3 is 10.4 Å². The van der Waals surface area contributed by atoms with Crippen LogP contribution in [0.15, 0.2) is 53.4 Å². The van der Waals surface area contributed by atoms with Crippen LogP contribution < -0.4 is 10.0 Å². The molecule has 1 amide bonds. The number of carbonyl (C=O) groups is 1. The molecule has 140 valence electrons. The number of benzene rings is 2. The number of carbonyl (C=O) groups excluding carboxylic acids is 1. The maximum Gasteiger partial charge on any atom is 0.255 e. The third-order valence-electron chi connectivity index (χ3n) is 3.83. The molecule has 0 spiro atoms. The van der Waals surface area contributed by atoms with E-state index in [4.69, 9.17) is 0 Å². The minimum absolute atomic E-state index is 0.0380. The summed E-state index contributed by atoms with van der Waals surface area (Å²) in [6.45, 7) is 5.61. The summed E-state index contributed by atoms with van der Waals surface area (Å²) in [4.78, 5) is 12.3. The van der Waals surface area contributed by atoms with Crippen LogP contribution in [0.2, 0.25) is 0 Å². The summed E-state index contributed by atoms with van der Waals surface area (Å²) in [5, 5.41) is 12.0. The number of hydrogen-bond acceptors (Lipinski definition) is 4. The van der Waals surface area contributed by atoms with E-state index in [2.05, 4.69) is 23.9 Å². The SMILES string of the molecule is CC(O)CNS(=O)(=O)c1ccc(C(=O)Nc2ccc(C(C)C)cc2)cc1. The Morgan fingerprint density at radius 2 is 1.58 bits per heavy atom. The van der Waals surface area contributed by atoms with Crippen LogP contribution in [0.3, 0.4) is 0 Å². The first-order valence-electron chi connectivity index (χ1n) is 8.38. The summed E-state index contributed by atoms with van der Waals surface area (Å²) in [5.41, 5.74) is 2.21. The summed E-state index contributed by atoms with van der Waals surface area (Å²) >= 11 is 0. The van der Waals surface area contributed by atoms with Crippen LogP contribution in [0, 0.1) is 0 Å².